The van der Waals surface area contributed by atoms with Crippen LogP contribution in [-0.4, -0.2) is 55.8 Å². The maximum Gasteiger partial charge on any atom is 0.244 e. The number of aryl methyl sites for hydroxylation is 1. The zero-order chi connectivity index (χ0) is 18.6. The summed E-state index contributed by atoms with van der Waals surface area (Å²) in [7, 11) is -3.06. The minimum Gasteiger partial charge on any atom is -0.345 e. The predicted octanol–water partition coefficient (Wildman–Crippen LogP) is 1.28. The Morgan fingerprint density at radius 2 is 1.96 bits per heavy atom. The average Bonchev–Trinajstić information content (AvgIpc) is 2.53. The summed E-state index contributed by atoms with van der Waals surface area (Å²) in [5.41, 5.74) is 0.429. The molecule has 1 fully saturated rings. The Morgan fingerprint density at radius 1 is 1.32 bits per heavy atom. The summed E-state index contributed by atoms with van der Waals surface area (Å²) in [6.45, 7) is 1.85. The minimum atomic E-state index is -3.06. The lowest BCUT2D eigenvalue weighted by atomic mass is 10.1. The second-order valence-electron chi connectivity index (χ2n) is 6.00. The third-order valence-electron chi connectivity index (χ3n) is 4.04. The van der Waals surface area contributed by atoms with Crippen LogP contribution in [0.4, 0.5) is 4.39 Å². The van der Waals surface area contributed by atoms with Gasteiger partial charge in [0.1, 0.15) is 11.9 Å². The summed E-state index contributed by atoms with van der Waals surface area (Å²) in [4.78, 5) is 25.7. The summed E-state index contributed by atoms with van der Waals surface area (Å²) in [5, 5.41) is 2.59. The van der Waals surface area contributed by atoms with Crippen molar-refractivity contribution in [2.24, 2.45) is 0 Å². The first-order valence-electron chi connectivity index (χ1n) is 7.90. The van der Waals surface area contributed by atoms with Crippen LogP contribution in [0.1, 0.15) is 18.9 Å². The highest BCUT2D eigenvalue weighted by Gasteiger charge is 2.28. The van der Waals surface area contributed by atoms with E-state index in [4.69, 9.17) is 0 Å². The molecule has 1 aromatic carbocycles. The van der Waals surface area contributed by atoms with Gasteiger partial charge in [-0.15, -0.1) is 0 Å². The highest BCUT2D eigenvalue weighted by Crippen LogP contribution is 2.16. The van der Waals surface area contributed by atoms with E-state index >= 15 is 0 Å². The number of carbonyl (C=O) groups excluding carboxylic acids is 2. The third-order valence-corrected chi connectivity index (χ3v) is 6.14. The first-order chi connectivity index (χ1) is 11.7. The Labute approximate surface area is 154 Å². The molecule has 1 aromatic rings. The normalized spacial score (nSPS) is 17.8. The lowest BCUT2D eigenvalue weighted by molar-refractivity contribution is -0.135. The standard InChI is InChI=1S/C16H20BrFN2O4S/c1-11(16(22)20-6-8-25(23,24)9-7-20)19-15(21)5-3-12-2-4-13(17)10-14(12)18/h2,4,10-11H,3,5-9H2,1H3,(H,19,21)/t11-/m1/s1. The molecular formula is C16H20BrFN2O4S. The van der Waals surface area contributed by atoms with E-state index in [1.165, 1.54) is 11.0 Å². The number of amides is 2. The molecule has 0 spiro atoms. The van der Waals surface area contributed by atoms with Crippen LogP contribution in [0.15, 0.2) is 22.7 Å². The first-order valence-corrected chi connectivity index (χ1v) is 10.5. The minimum absolute atomic E-state index is 0.0533. The number of nitrogens with zero attached hydrogens (tertiary/aromatic N) is 1. The second kappa shape index (κ2) is 8.27. The van der Waals surface area contributed by atoms with Crippen molar-refractivity contribution in [2.45, 2.75) is 25.8 Å². The van der Waals surface area contributed by atoms with Gasteiger partial charge in [0.15, 0.2) is 9.84 Å². The van der Waals surface area contributed by atoms with Crippen molar-refractivity contribution >= 4 is 37.6 Å². The number of hydrogen-bond donors (Lipinski definition) is 1. The molecule has 1 aliphatic heterocycles. The molecular weight excluding hydrogens is 415 g/mol. The molecule has 2 amide bonds. The number of rotatable bonds is 5. The molecule has 0 aromatic heterocycles. The van der Waals surface area contributed by atoms with Gasteiger partial charge < -0.3 is 10.2 Å². The van der Waals surface area contributed by atoms with E-state index in [2.05, 4.69) is 21.2 Å². The number of hydrogen-bond acceptors (Lipinski definition) is 4. The van der Waals surface area contributed by atoms with Gasteiger partial charge in [0.2, 0.25) is 11.8 Å². The molecule has 1 aliphatic rings. The van der Waals surface area contributed by atoms with Crippen LogP contribution in [0.5, 0.6) is 0 Å². The van der Waals surface area contributed by atoms with Crippen molar-refractivity contribution in [3.63, 3.8) is 0 Å². The van der Waals surface area contributed by atoms with Crippen molar-refractivity contribution in [3.05, 3.63) is 34.1 Å². The molecule has 0 bridgehead atoms. The number of halogens is 2. The molecule has 6 nitrogen and oxygen atoms in total. The number of benzene rings is 1. The van der Waals surface area contributed by atoms with Gasteiger partial charge in [-0.2, -0.15) is 0 Å². The highest BCUT2D eigenvalue weighted by molar-refractivity contribution is 9.10. The van der Waals surface area contributed by atoms with Gasteiger partial charge in [-0.3, -0.25) is 9.59 Å². The van der Waals surface area contributed by atoms with E-state index in [-0.39, 0.29) is 55.1 Å². The Kier molecular flexibility index (Phi) is 6.56. The Morgan fingerprint density at radius 3 is 2.56 bits per heavy atom. The van der Waals surface area contributed by atoms with Crippen molar-refractivity contribution in [2.75, 3.05) is 24.6 Å². The van der Waals surface area contributed by atoms with Gasteiger partial charge in [-0.25, -0.2) is 12.8 Å². The maximum atomic E-state index is 13.7. The van der Waals surface area contributed by atoms with E-state index in [9.17, 15) is 22.4 Å². The van der Waals surface area contributed by atoms with Crippen LogP contribution in [0.25, 0.3) is 0 Å². The molecule has 1 atom stereocenters. The molecule has 0 saturated carbocycles. The van der Waals surface area contributed by atoms with Crippen LogP contribution in [0.2, 0.25) is 0 Å². The molecule has 0 aliphatic carbocycles. The van der Waals surface area contributed by atoms with Crippen LogP contribution in [0, 0.1) is 5.82 Å². The first kappa shape index (κ1) is 19.8. The number of carbonyl (C=O) groups is 2. The van der Waals surface area contributed by atoms with Crippen molar-refractivity contribution in [1.82, 2.24) is 10.2 Å². The Bertz CT molecular complexity index is 755. The predicted molar refractivity (Wildman–Crippen MR) is 95.3 cm³/mol. The number of nitrogens with one attached hydrogen (secondary N) is 1. The van der Waals surface area contributed by atoms with Crippen LogP contribution in [0.3, 0.4) is 0 Å². The molecule has 25 heavy (non-hydrogen) atoms. The van der Waals surface area contributed by atoms with Crippen LogP contribution in [-0.2, 0) is 25.8 Å². The fourth-order valence-electron chi connectivity index (χ4n) is 2.55. The summed E-state index contributed by atoms with van der Waals surface area (Å²) < 4.78 is 37.1. The summed E-state index contributed by atoms with van der Waals surface area (Å²) in [6.07, 6.45) is 0.290. The quantitative estimate of drug-likeness (QED) is 0.756. The monoisotopic (exact) mass is 434 g/mol. The highest BCUT2D eigenvalue weighted by atomic mass is 79.9. The van der Waals surface area contributed by atoms with E-state index in [0.717, 1.165) is 0 Å². The topological polar surface area (TPSA) is 83.6 Å². The molecule has 138 valence electrons. The van der Waals surface area contributed by atoms with E-state index in [1.54, 1.807) is 19.1 Å². The summed E-state index contributed by atoms with van der Waals surface area (Å²) in [6, 6.07) is 3.90. The van der Waals surface area contributed by atoms with Gasteiger partial charge >= 0.3 is 0 Å². The van der Waals surface area contributed by atoms with Gasteiger partial charge in [0, 0.05) is 24.0 Å². The SMILES string of the molecule is C[C@@H](NC(=O)CCc1ccc(Br)cc1F)C(=O)N1CCS(=O)(=O)CC1. The van der Waals surface area contributed by atoms with Gasteiger partial charge in [0.25, 0.3) is 0 Å². The second-order valence-corrected chi connectivity index (χ2v) is 9.22. The molecule has 2 rings (SSSR count). The van der Waals surface area contributed by atoms with Crippen molar-refractivity contribution in [1.29, 1.82) is 0 Å². The molecule has 0 radical (unpaired) electrons. The molecule has 1 saturated heterocycles. The fraction of sp³-hybridized carbons (Fsp3) is 0.500. The van der Waals surface area contributed by atoms with E-state index < -0.39 is 15.9 Å². The Balaban J connectivity index is 1.82. The molecule has 1 N–H and O–H groups in total. The molecule has 0 unspecified atom stereocenters. The molecule has 9 heteroatoms. The molecule has 1 heterocycles. The zero-order valence-electron chi connectivity index (χ0n) is 13.8. The fourth-order valence-corrected chi connectivity index (χ4v) is 4.09. The maximum absolute atomic E-state index is 13.7. The average molecular weight is 435 g/mol. The lowest BCUT2D eigenvalue weighted by Crippen LogP contribution is -2.51. The van der Waals surface area contributed by atoms with Crippen molar-refractivity contribution < 1.29 is 22.4 Å². The largest absolute Gasteiger partial charge is 0.345 e. The van der Waals surface area contributed by atoms with Gasteiger partial charge in [0.05, 0.1) is 11.5 Å². The van der Waals surface area contributed by atoms with Gasteiger partial charge in [-0.05, 0) is 31.0 Å². The van der Waals surface area contributed by atoms with Crippen LogP contribution >= 0.6 is 15.9 Å². The van der Waals surface area contributed by atoms with E-state index in [1.807, 2.05) is 0 Å². The zero-order valence-corrected chi connectivity index (χ0v) is 16.2. The van der Waals surface area contributed by atoms with Gasteiger partial charge in [-0.1, -0.05) is 22.0 Å². The number of sulfone groups is 1. The summed E-state index contributed by atoms with van der Waals surface area (Å²) >= 11 is 3.17. The third kappa shape index (κ3) is 5.78. The Hall–Kier alpha value is -1.48. The summed E-state index contributed by atoms with van der Waals surface area (Å²) in [5.74, 6) is -1.16. The van der Waals surface area contributed by atoms with Crippen LogP contribution < -0.4 is 5.32 Å². The van der Waals surface area contributed by atoms with Crippen molar-refractivity contribution in [3.8, 4) is 0 Å². The van der Waals surface area contributed by atoms with E-state index in [0.29, 0.717) is 10.0 Å². The lowest BCUT2D eigenvalue weighted by Gasteiger charge is -2.29. The smallest absolute Gasteiger partial charge is 0.244 e.